The number of halogens is 1. The Hall–Kier alpha value is -2.24. The summed E-state index contributed by atoms with van der Waals surface area (Å²) < 4.78 is 0. The molecule has 0 saturated carbocycles. The highest BCUT2D eigenvalue weighted by molar-refractivity contribution is 7.15. The molecule has 6 heteroatoms. The first-order valence-corrected chi connectivity index (χ1v) is 9.42. The molecule has 0 unspecified atom stereocenters. The summed E-state index contributed by atoms with van der Waals surface area (Å²) in [5.41, 5.74) is 1.89. The molecule has 128 valence electrons. The Kier molecular flexibility index (Phi) is 6.14. The van der Waals surface area contributed by atoms with E-state index in [1.807, 2.05) is 60.7 Å². The lowest BCUT2D eigenvalue weighted by molar-refractivity contribution is -0.116. The maximum Gasteiger partial charge on any atom is 0.238 e. The van der Waals surface area contributed by atoms with Crippen LogP contribution in [0.4, 0.5) is 5.13 Å². The summed E-state index contributed by atoms with van der Waals surface area (Å²) in [6.45, 7) is 0. The summed E-state index contributed by atoms with van der Waals surface area (Å²) in [5, 5.41) is 12.5. The minimum atomic E-state index is -0.391. The van der Waals surface area contributed by atoms with E-state index in [1.54, 1.807) is 0 Å². The van der Waals surface area contributed by atoms with Crippen LogP contribution in [-0.2, 0) is 11.2 Å². The van der Waals surface area contributed by atoms with Gasteiger partial charge in [0.2, 0.25) is 11.0 Å². The summed E-state index contributed by atoms with van der Waals surface area (Å²) in [6, 6.07) is 19.5. The zero-order valence-electron chi connectivity index (χ0n) is 13.6. The van der Waals surface area contributed by atoms with Crippen LogP contribution in [0.3, 0.4) is 0 Å². The van der Waals surface area contributed by atoms with Crippen molar-refractivity contribution in [1.82, 2.24) is 10.2 Å². The van der Waals surface area contributed by atoms with Gasteiger partial charge in [0.25, 0.3) is 0 Å². The number of benzene rings is 2. The van der Waals surface area contributed by atoms with Crippen LogP contribution in [0.1, 0.15) is 28.5 Å². The summed E-state index contributed by atoms with van der Waals surface area (Å²) in [4.78, 5) is 12.9. The van der Waals surface area contributed by atoms with Gasteiger partial charge >= 0.3 is 0 Å². The predicted octanol–water partition coefficient (Wildman–Crippen LogP) is 4.48. The summed E-state index contributed by atoms with van der Waals surface area (Å²) >= 11 is 7.10. The molecular formula is C19H18ClN3OS. The highest BCUT2D eigenvalue weighted by Crippen LogP contribution is 2.27. The molecule has 3 rings (SSSR count). The molecule has 0 radical (unpaired) electrons. The van der Waals surface area contributed by atoms with Crippen molar-refractivity contribution in [3.63, 3.8) is 0 Å². The van der Waals surface area contributed by atoms with Crippen LogP contribution in [0.15, 0.2) is 60.7 Å². The Morgan fingerprint density at radius 3 is 2.16 bits per heavy atom. The summed E-state index contributed by atoms with van der Waals surface area (Å²) in [5.74, 6) is 0.0841. The fourth-order valence-corrected chi connectivity index (χ4v) is 3.51. The van der Waals surface area contributed by atoms with Gasteiger partial charge in [-0.2, -0.15) is 0 Å². The number of carbonyl (C=O) groups excluding carboxylic acids is 1. The predicted molar refractivity (Wildman–Crippen MR) is 102 cm³/mol. The van der Waals surface area contributed by atoms with Crippen molar-refractivity contribution >= 4 is 34.0 Å². The van der Waals surface area contributed by atoms with Crippen LogP contribution in [-0.4, -0.2) is 22.0 Å². The van der Waals surface area contributed by atoms with Gasteiger partial charge in [0, 0.05) is 12.3 Å². The maximum absolute atomic E-state index is 12.9. The number of alkyl halides is 1. The molecule has 1 amide bonds. The molecule has 25 heavy (non-hydrogen) atoms. The van der Waals surface area contributed by atoms with Gasteiger partial charge in [-0.15, -0.1) is 21.8 Å². The second-order valence-corrected chi connectivity index (χ2v) is 6.98. The number of rotatable bonds is 7. The fraction of sp³-hybridized carbons (Fsp3) is 0.211. The van der Waals surface area contributed by atoms with Gasteiger partial charge in [0.05, 0.1) is 5.92 Å². The van der Waals surface area contributed by atoms with E-state index < -0.39 is 5.92 Å². The largest absolute Gasteiger partial charge is 0.300 e. The highest BCUT2D eigenvalue weighted by atomic mass is 35.5. The van der Waals surface area contributed by atoms with Crippen LogP contribution < -0.4 is 5.32 Å². The normalized spacial score (nSPS) is 10.8. The van der Waals surface area contributed by atoms with Gasteiger partial charge in [-0.05, 0) is 17.5 Å². The Morgan fingerprint density at radius 1 is 1.00 bits per heavy atom. The second-order valence-electron chi connectivity index (χ2n) is 5.54. The van der Waals surface area contributed by atoms with E-state index in [2.05, 4.69) is 15.5 Å². The molecule has 0 aliphatic rings. The number of carbonyl (C=O) groups is 1. The van der Waals surface area contributed by atoms with Crippen molar-refractivity contribution in [2.75, 3.05) is 11.2 Å². The lowest BCUT2D eigenvalue weighted by Crippen LogP contribution is -2.22. The molecule has 0 atom stereocenters. The van der Waals surface area contributed by atoms with Crippen LogP contribution in [0.25, 0.3) is 0 Å². The quantitative estimate of drug-likeness (QED) is 0.623. The van der Waals surface area contributed by atoms with Crippen LogP contribution in [0.5, 0.6) is 0 Å². The number of aryl methyl sites for hydroxylation is 1. The topological polar surface area (TPSA) is 54.9 Å². The number of nitrogens with zero attached hydrogens (tertiary/aromatic N) is 2. The zero-order valence-corrected chi connectivity index (χ0v) is 15.1. The molecule has 2 aromatic carbocycles. The minimum absolute atomic E-state index is 0.113. The van der Waals surface area contributed by atoms with E-state index in [0.29, 0.717) is 11.0 Å². The van der Waals surface area contributed by atoms with Crippen molar-refractivity contribution in [1.29, 1.82) is 0 Å². The molecular weight excluding hydrogens is 354 g/mol. The Balaban J connectivity index is 1.81. The standard InChI is InChI=1S/C19H18ClN3OS/c20-13-7-12-16-22-23-19(25-16)21-18(24)17(14-8-3-1-4-9-14)15-10-5-2-6-11-15/h1-6,8-11,17H,7,12-13H2,(H,21,23,24). The molecule has 4 nitrogen and oxygen atoms in total. The first-order chi connectivity index (χ1) is 12.3. The highest BCUT2D eigenvalue weighted by Gasteiger charge is 2.23. The van der Waals surface area contributed by atoms with Gasteiger partial charge in [-0.25, -0.2) is 0 Å². The number of hydrogen-bond donors (Lipinski definition) is 1. The molecule has 0 aliphatic carbocycles. The smallest absolute Gasteiger partial charge is 0.238 e. The lowest BCUT2D eigenvalue weighted by atomic mass is 9.90. The van der Waals surface area contributed by atoms with Crippen LogP contribution >= 0.6 is 22.9 Å². The first-order valence-electron chi connectivity index (χ1n) is 8.07. The lowest BCUT2D eigenvalue weighted by Gasteiger charge is -2.16. The van der Waals surface area contributed by atoms with E-state index in [1.165, 1.54) is 11.3 Å². The van der Waals surface area contributed by atoms with Crippen LogP contribution in [0, 0.1) is 0 Å². The minimum Gasteiger partial charge on any atom is -0.300 e. The van der Waals surface area contributed by atoms with Gasteiger partial charge in [0.15, 0.2) is 0 Å². The van der Waals surface area contributed by atoms with Gasteiger partial charge in [-0.1, -0.05) is 72.0 Å². The Morgan fingerprint density at radius 2 is 1.60 bits per heavy atom. The van der Waals surface area contributed by atoms with Crippen LogP contribution in [0.2, 0.25) is 0 Å². The van der Waals surface area contributed by atoms with E-state index in [9.17, 15) is 4.79 Å². The van der Waals surface area contributed by atoms with Crippen molar-refractivity contribution in [3.8, 4) is 0 Å². The number of nitrogens with one attached hydrogen (secondary N) is 1. The number of aromatic nitrogens is 2. The molecule has 1 heterocycles. The Bertz CT molecular complexity index is 768. The molecule has 0 aliphatic heterocycles. The van der Waals surface area contributed by atoms with Crippen molar-refractivity contribution in [3.05, 3.63) is 76.8 Å². The molecule has 3 aromatic rings. The Labute approximate surface area is 155 Å². The monoisotopic (exact) mass is 371 g/mol. The average molecular weight is 372 g/mol. The summed E-state index contributed by atoms with van der Waals surface area (Å²) in [6.07, 6.45) is 1.62. The third-order valence-corrected chi connectivity index (χ3v) is 4.91. The SMILES string of the molecule is O=C(Nc1nnc(CCCCl)s1)C(c1ccccc1)c1ccccc1. The third-order valence-electron chi connectivity index (χ3n) is 3.75. The molecule has 1 N–H and O–H groups in total. The number of hydrogen-bond acceptors (Lipinski definition) is 4. The molecule has 0 spiro atoms. The van der Waals surface area contributed by atoms with Gasteiger partial charge in [0.1, 0.15) is 5.01 Å². The fourth-order valence-electron chi connectivity index (χ4n) is 2.59. The average Bonchev–Trinajstić information content (AvgIpc) is 3.09. The van der Waals surface area contributed by atoms with Crippen molar-refractivity contribution in [2.24, 2.45) is 0 Å². The van der Waals surface area contributed by atoms with Crippen molar-refractivity contribution in [2.45, 2.75) is 18.8 Å². The van der Waals surface area contributed by atoms with E-state index in [4.69, 9.17) is 11.6 Å². The molecule has 0 saturated heterocycles. The van der Waals surface area contributed by atoms with E-state index >= 15 is 0 Å². The second kappa shape index (κ2) is 8.74. The molecule has 0 bridgehead atoms. The third kappa shape index (κ3) is 4.65. The van der Waals surface area contributed by atoms with Gasteiger partial charge < -0.3 is 0 Å². The zero-order chi connectivity index (χ0) is 17.5. The first kappa shape index (κ1) is 17.6. The molecule has 0 fully saturated rings. The summed E-state index contributed by atoms with van der Waals surface area (Å²) in [7, 11) is 0. The van der Waals surface area contributed by atoms with E-state index in [-0.39, 0.29) is 5.91 Å². The maximum atomic E-state index is 12.9. The van der Waals surface area contributed by atoms with Gasteiger partial charge in [-0.3, -0.25) is 10.1 Å². The number of anilines is 1. The molecule has 1 aromatic heterocycles. The van der Waals surface area contributed by atoms with Crippen molar-refractivity contribution < 1.29 is 4.79 Å². The number of amides is 1. The van der Waals surface area contributed by atoms with E-state index in [0.717, 1.165) is 29.0 Å².